The van der Waals surface area contributed by atoms with Gasteiger partial charge in [-0.15, -0.1) is 0 Å². The lowest BCUT2D eigenvalue weighted by Gasteiger charge is -2.17. The highest BCUT2D eigenvalue weighted by Gasteiger charge is 2.27. The molecule has 1 unspecified atom stereocenters. The van der Waals surface area contributed by atoms with Crippen LogP contribution < -0.4 is 5.73 Å². The van der Waals surface area contributed by atoms with Crippen LogP contribution in [-0.4, -0.2) is 28.9 Å². The van der Waals surface area contributed by atoms with Crippen molar-refractivity contribution in [2.45, 2.75) is 32.0 Å². The number of nitrogens with zero attached hydrogens (tertiary/aromatic N) is 2. The van der Waals surface area contributed by atoms with Gasteiger partial charge in [0.05, 0.1) is 0 Å². The zero-order valence-electron chi connectivity index (χ0n) is 9.23. The third-order valence-corrected chi connectivity index (χ3v) is 2.22. The summed E-state index contributed by atoms with van der Waals surface area (Å²) in [5.41, 5.74) is 4.69. The predicted octanol–water partition coefficient (Wildman–Crippen LogP) is 0.333. The lowest BCUT2D eigenvalue weighted by molar-refractivity contribution is 0.00973. The summed E-state index contributed by atoms with van der Waals surface area (Å²) in [7, 11) is 1.56. The van der Waals surface area contributed by atoms with Crippen molar-refractivity contribution in [1.82, 2.24) is 10.1 Å². The van der Waals surface area contributed by atoms with E-state index in [4.69, 9.17) is 15.0 Å². The summed E-state index contributed by atoms with van der Waals surface area (Å²) in [5.74, 6) is 0.594. The Balaban J connectivity index is 2.80. The third kappa shape index (κ3) is 2.74. The molecule has 0 bridgehead atoms. The number of aromatic nitrogens is 2. The van der Waals surface area contributed by atoms with Crippen molar-refractivity contribution in [3.63, 3.8) is 0 Å². The molecule has 0 aliphatic carbocycles. The average molecular weight is 215 g/mol. The minimum absolute atomic E-state index is 0.181. The minimum atomic E-state index is -0.802. The molecule has 0 saturated heterocycles. The van der Waals surface area contributed by atoms with Gasteiger partial charge in [-0.25, -0.2) is 0 Å². The van der Waals surface area contributed by atoms with E-state index >= 15 is 0 Å². The maximum atomic E-state index is 9.56. The lowest BCUT2D eigenvalue weighted by Crippen LogP contribution is -2.21. The number of methoxy groups -OCH3 is 1. The quantitative estimate of drug-likeness (QED) is 0.735. The van der Waals surface area contributed by atoms with Gasteiger partial charge in [0.2, 0.25) is 5.82 Å². The van der Waals surface area contributed by atoms with Gasteiger partial charge in [0.25, 0.3) is 5.89 Å². The number of rotatable bonds is 5. The fourth-order valence-corrected chi connectivity index (χ4v) is 0.988. The monoisotopic (exact) mass is 215 g/mol. The number of hydrogen-bond donors (Lipinski definition) is 2. The lowest BCUT2D eigenvalue weighted by atomic mass is 10.1. The number of nitrogens with two attached hydrogens (primary N) is 1. The first-order valence-electron chi connectivity index (χ1n) is 4.78. The van der Waals surface area contributed by atoms with Crippen LogP contribution in [0.25, 0.3) is 0 Å². The SMILES string of the molecule is COC(C)(C)c1noc(C(O)CCN)n1. The number of hydrogen-bond acceptors (Lipinski definition) is 6. The average Bonchev–Trinajstić information content (AvgIpc) is 2.67. The molecule has 0 spiro atoms. The Morgan fingerprint density at radius 2 is 2.27 bits per heavy atom. The molecule has 0 radical (unpaired) electrons. The zero-order valence-corrected chi connectivity index (χ0v) is 9.23. The smallest absolute Gasteiger partial charge is 0.255 e. The molecule has 0 amide bonds. The van der Waals surface area contributed by atoms with Crippen molar-refractivity contribution in [3.8, 4) is 0 Å². The van der Waals surface area contributed by atoms with Gasteiger partial charge in [0, 0.05) is 7.11 Å². The molecule has 0 fully saturated rings. The Kier molecular flexibility index (Phi) is 3.78. The summed E-state index contributed by atoms with van der Waals surface area (Å²) >= 11 is 0. The van der Waals surface area contributed by atoms with Gasteiger partial charge in [0.1, 0.15) is 11.7 Å². The maximum absolute atomic E-state index is 9.56. The summed E-state index contributed by atoms with van der Waals surface area (Å²) in [4.78, 5) is 4.06. The summed E-state index contributed by atoms with van der Waals surface area (Å²) in [6, 6.07) is 0. The van der Waals surface area contributed by atoms with Crippen molar-refractivity contribution in [2.75, 3.05) is 13.7 Å². The first-order valence-corrected chi connectivity index (χ1v) is 4.78. The summed E-state index contributed by atoms with van der Waals surface area (Å²) in [6.07, 6.45) is -0.404. The van der Waals surface area contributed by atoms with Crippen molar-refractivity contribution >= 4 is 0 Å². The molecule has 1 aromatic heterocycles. The fourth-order valence-electron chi connectivity index (χ4n) is 0.988. The maximum Gasteiger partial charge on any atom is 0.255 e. The molecule has 15 heavy (non-hydrogen) atoms. The van der Waals surface area contributed by atoms with Gasteiger partial charge in [-0.3, -0.25) is 0 Å². The van der Waals surface area contributed by atoms with Gasteiger partial charge in [-0.05, 0) is 26.8 Å². The standard InChI is InChI=1S/C9H17N3O3/c1-9(2,14-3)8-11-7(15-12-8)6(13)4-5-10/h6,13H,4-5,10H2,1-3H3. The molecule has 0 aromatic carbocycles. The fraction of sp³-hybridized carbons (Fsp3) is 0.778. The van der Waals surface area contributed by atoms with E-state index in [1.807, 2.05) is 13.8 Å². The van der Waals surface area contributed by atoms with Crippen molar-refractivity contribution in [1.29, 1.82) is 0 Å². The van der Waals surface area contributed by atoms with Gasteiger partial charge in [-0.1, -0.05) is 5.16 Å². The van der Waals surface area contributed by atoms with E-state index in [0.29, 0.717) is 18.8 Å². The van der Waals surface area contributed by atoms with Crippen LogP contribution in [-0.2, 0) is 10.3 Å². The first kappa shape index (κ1) is 12.1. The van der Waals surface area contributed by atoms with Crippen molar-refractivity contribution in [2.24, 2.45) is 5.73 Å². The molecule has 1 aromatic rings. The second-order valence-electron chi connectivity index (χ2n) is 3.76. The molecule has 6 nitrogen and oxygen atoms in total. The number of aliphatic hydroxyl groups excluding tert-OH is 1. The largest absolute Gasteiger partial charge is 0.383 e. The third-order valence-electron chi connectivity index (χ3n) is 2.22. The van der Waals surface area contributed by atoms with Gasteiger partial charge < -0.3 is 20.1 Å². The van der Waals surface area contributed by atoms with Crippen LogP contribution >= 0.6 is 0 Å². The van der Waals surface area contributed by atoms with E-state index in [1.54, 1.807) is 7.11 Å². The summed E-state index contributed by atoms with van der Waals surface area (Å²) in [5, 5.41) is 13.3. The second kappa shape index (κ2) is 4.69. The van der Waals surface area contributed by atoms with Crippen LogP contribution in [0.3, 0.4) is 0 Å². The predicted molar refractivity (Wildman–Crippen MR) is 53.0 cm³/mol. The highest BCUT2D eigenvalue weighted by Crippen LogP contribution is 2.22. The first-order chi connectivity index (χ1) is 7.01. The van der Waals surface area contributed by atoms with E-state index in [1.165, 1.54) is 0 Å². The van der Waals surface area contributed by atoms with E-state index in [9.17, 15) is 5.11 Å². The molecule has 1 rings (SSSR count). The Morgan fingerprint density at radius 1 is 1.60 bits per heavy atom. The molecule has 1 atom stereocenters. The Hall–Kier alpha value is -0.980. The molecule has 6 heteroatoms. The van der Waals surface area contributed by atoms with Crippen molar-refractivity contribution in [3.05, 3.63) is 11.7 Å². The van der Waals surface area contributed by atoms with Crippen LogP contribution in [0.4, 0.5) is 0 Å². The van der Waals surface area contributed by atoms with Gasteiger partial charge in [0.15, 0.2) is 0 Å². The minimum Gasteiger partial charge on any atom is -0.383 e. The highest BCUT2D eigenvalue weighted by molar-refractivity contribution is 4.98. The van der Waals surface area contributed by atoms with E-state index in [-0.39, 0.29) is 5.89 Å². The van der Waals surface area contributed by atoms with Crippen LogP contribution in [0.2, 0.25) is 0 Å². The Bertz CT molecular complexity index is 311. The van der Waals surface area contributed by atoms with E-state index in [2.05, 4.69) is 10.1 Å². The molecule has 3 N–H and O–H groups in total. The van der Waals surface area contributed by atoms with Gasteiger partial charge in [-0.2, -0.15) is 4.98 Å². The molecular formula is C9H17N3O3. The van der Waals surface area contributed by atoms with E-state index < -0.39 is 11.7 Å². The molecular weight excluding hydrogens is 198 g/mol. The molecule has 0 saturated carbocycles. The number of ether oxygens (including phenoxy) is 1. The molecule has 0 aliphatic rings. The summed E-state index contributed by atoms with van der Waals surface area (Å²) in [6.45, 7) is 4.00. The van der Waals surface area contributed by atoms with Crippen LogP contribution in [0.15, 0.2) is 4.52 Å². The van der Waals surface area contributed by atoms with Crippen LogP contribution in [0.5, 0.6) is 0 Å². The Labute approximate surface area is 88.4 Å². The topological polar surface area (TPSA) is 94.4 Å². The zero-order chi connectivity index (χ0) is 11.5. The highest BCUT2D eigenvalue weighted by atomic mass is 16.5. The van der Waals surface area contributed by atoms with Crippen molar-refractivity contribution < 1.29 is 14.4 Å². The second-order valence-corrected chi connectivity index (χ2v) is 3.76. The normalized spacial score (nSPS) is 14.2. The van der Waals surface area contributed by atoms with E-state index in [0.717, 1.165) is 0 Å². The molecule has 1 heterocycles. The molecule has 86 valence electrons. The van der Waals surface area contributed by atoms with Crippen LogP contribution in [0.1, 0.15) is 38.1 Å². The number of aliphatic hydroxyl groups is 1. The van der Waals surface area contributed by atoms with Gasteiger partial charge >= 0.3 is 0 Å². The Morgan fingerprint density at radius 3 is 2.80 bits per heavy atom. The summed E-state index contributed by atoms with van der Waals surface area (Å²) < 4.78 is 10.1. The van der Waals surface area contributed by atoms with Crippen LogP contribution in [0, 0.1) is 0 Å². The molecule has 0 aliphatic heterocycles.